The van der Waals surface area contributed by atoms with E-state index in [-0.39, 0.29) is 11.5 Å². The number of pyridine rings is 1. The smallest absolute Gasteiger partial charge is 0.274 e. The fourth-order valence-corrected chi connectivity index (χ4v) is 2.68. The number of rotatable bonds is 4. The summed E-state index contributed by atoms with van der Waals surface area (Å²) in [7, 11) is 0. The number of hydrogen-bond donors (Lipinski definition) is 2. The van der Waals surface area contributed by atoms with Crippen molar-refractivity contribution in [2.24, 2.45) is 0 Å². The summed E-state index contributed by atoms with van der Waals surface area (Å²) in [5.74, 6) is -0.721. The topological polar surface area (TPSA) is 54.0 Å². The van der Waals surface area contributed by atoms with Crippen LogP contribution in [-0.4, -0.2) is 10.9 Å². The zero-order valence-corrected chi connectivity index (χ0v) is 14.3. The molecular formula is C18H12Cl2FN3O. The maximum atomic E-state index is 12.9. The van der Waals surface area contributed by atoms with E-state index in [1.807, 2.05) is 0 Å². The molecule has 25 heavy (non-hydrogen) atoms. The molecule has 1 aromatic heterocycles. The van der Waals surface area contributed by atoms with Crippen molar-refractivity contribution in [2.45, 2.75) is 0 Å². The van der Waals surface area contributed by atoms with Gasteiger partial charge in [-0.05, 0) is 54.6 Å². The summed E-state index contributed by atoms with van der Waals surface area (Å²) >= 11 is 11.8. The zero-order valence-electron chi connectivity index (χ0n) is 12.8. The van der Waals surface area contributed by atoms with Gasteiger partial charge in [-0.15, -0.1) is 0 Å². The highest BCUT2D eigenvalue weighted by Crippen LogP contribution is 2.23. The zero-order chi connectivity index (χ0) is 17.8. The van der Waals surface area contributed by atoms with Gasteiger partial charge in [0.05, 0.1) is 0 Å². The van der Waals surface area contributed by atoms with Crippen LogP contribution in [-0.2, 0) is 0 Å². The lowest BCUT2D eigenvalue weighted by Gasteiger charge is -2.09. The Kier molecular flexibility index (Phi) is 5.16. The van der Waals surface area contributed by atoms with Gasteiger partial charge in [-0.3, -0.25) is 9.78 Å². The first-order valence-electron chi connectivity index (χ1n) is 7.26. The Hall–Kier alpha value is -2.63. The molecule has 7 heteroatoms. The molecule has 3 aromatic rings. The van der Waals surface area contributed by atoms with Crippen molar-refractivity contribution in [2.75, 3.05) is 10.6 Å². The number of benzene rings is 2. The summed E-state index contributed by atoms with van der Waals surface area (Å²) in [6.45, 7) is 0. The van der Waals surface area contributed by atoms with Gasteiger partial charge >= 0.3 is 0 Å². The second kappa shape index (κ2) is 7.51. The number of carbonyl (C=O) groups is 1. The number of nitrogens with zero attached hydrogens (tertiary/aromatic N) is 1. The van der Waals surface area contributed by atoms with Crippen LogP contribution in [0, 0.1) is 5.82 Å². The molecule has 126 valence electrons. The van der Waals surface area contributed by atoms with Crippen LogP contribution < -0.4 is 10.6 Å². The van der Waals surface area contributed by atoms with Gasteiger partial charge in [0.2, 0.25) is 0 Å². The number of nitrogens with one attached hydrogen (secondary N) is 2. The van der Waals surface area contributed by atoms with Crippen LogP contribution in [0.1, 0.15) is 10.5 Å². The molecule has 0 saturated heterocycles. The third kappa shape index (κ3) is 4.68. The van der Waals surface area contributed by atoms with Gasteiger partial charge in [-0.25, -0.2) is 4.39 Å². The van der Waals surface area contributed by atoms with Crippen LogP contribution in [0.3, 0.4) is 0 Å². The molecule has 0 bridgehead atoms. The number of halogens is 3. The van der Waals surface area contributed by atoms with E-state index in [0.29, 0.717) is 27.1 Å². The fourth-order valence-electron chi connectivity index (χ4n) is 2.15. The van der Waals surface area contributed by atoms with E-state index >= 15 is 0 Å². The first kappa shape index (κ1) is 17.2. The van der Waals surface area contributed by atoms with Crippen LogP contribution >= 0.6 is 23.2 Å². The number of anilines is 3. The molecule has 0 radical (unpaired) electrons. The normalized spacial score (nSPS) is 10.4. The lowest BCUT2D eigenvalue weighted by Crippen LogP contribution is -2.13. The van der Waals surface area contributed by atoms with E-state index in [1.165, 1.54) is 18.3 Å². The van der Waals surface area contributed by atoms with Gasteiger partial charge < -0.3 is 10.6 Å². The molecule has 3 rings (SSSR count). The number of carbonyl (C=O) groups excluding carboxylic acids is 1. The average molecular weight is 376 g/mol. The van der Waals surface area contributed by atoms with Crippen molar-refractivity contribution in [1.82, 2.24) is 4.98 Å². The molecule has 1 heterocycles. The Morgan fingerprint density at radius 3 is 2.24 bits per heavy atom. The predicted molar refractivity (Wildman–Crippen MR) is 98.3 cm³/mol. The molecule has 0 fully saturated rings. The largest absolute Gasteiger partial charge is 0.355 e. The van der Waals surface area contributed by atoms with E-state index in [1.54, 1.807) is 42.5 Å². The molecule has 4 nitrogen and oxygen atoms in total. The lowest BCUT2D eigenvalue weighted by molar-refractivity contribution is 0.102. The van der Waals surface area contributed by atoms with E-state index in [0.717, 1.165) is 0 Å². The van der Waals surface area contributed by atoms with E-state index in [4.69, 9.17) is 23.2 Å². The first-order valence-corrected chi connectivity index (χ1v) is 8.01. The molecule has 0 unspecified atom stereocenters. The molecule has 0 atom stereocenters. The van der Waals surface area contributed by atoms with Gasteiger partial charge in [0.25, 0.3) is 5.91 Å². The molecular weight excluding hydrogens is 364 g/mol. The van der Waals surface area contributed by atoms with Crippen LogP contribution in [0.2, 0.25) is 10.0 Å². The lowest BCUT2D eigenvalue weighted by atomic mass is 10.2. The molecule has 0 saturated carbocycles. The fraction of sp³-hybridized carbons (Fsp3) is 0. The molecule has 0 aliphatic carbocycles. The van der Waals surface area contributed by atoms with Crippen molar-refractivity contribution >= 4 is 46.2 Å². The van der Waals surface area contributed by atoms with Gasteiger partial charge in [0, 0.05) is 33.3 Å². The number of hydrogen-bond acceptors (Lipinski definition) is 3. The van der Waals surface area contributed by atoms with Crippen LogP contribution in [0.5, 0.6) is 0 Å². The van der Waals surface area contributed by atoms with Crippen molar-refractivity contribution in [1.29, 1.82) is 0 Å². The van der Waals surface area contributed by atoms with Crippen molar-refractivity contribution < 1.29 is 9.18 Å². The highest BCUT2D eigenvalue weighted by atomic mass is 35.5. The Bertz CT molecular complexity index is 896. The summed E-state index contributed by atoms with van der Waals surface area (Å²) in [4.78, 5) is 16.4. The predicted octanol–water partition coefficient (Wildman–Crippen LogP) is 5.52. The van der Waals surface area contributed by atoms with Gasteiger partial charge in [0.1, 0.15) is 11.5 Å². The van der Waals surface area contributed by atoms with Crippen molar-refractivity contribution in [3.63, 3.8) is 0 Å². The summed E-state index contributed by atoms with van der Waals surface area (Å²) in [6, 6.07) is 13.9. The highest BCUT2D eigenvalue weighted by molar-refractivity contribution is 6.35. The molecule has 0 aliphatic rings. The van der Waals surface area contributed by atoms with Crippen LogP contribution in [0.25, 0.3) is 0 Å². The number of amides is 1. The first-order chi connectivity index (χ1) is 12.0. The monoisotopic (exact) mass is 375 g/mol. The summed E-state index contributed by atoms with van der Waals surface area (Å²) in [5.41, 5.74) is 2.03. The Balaban J connectivity index is 1.76. The molecule has 1 amide bonds. The Morgan fingerprint density at radius 1 is 0.880 bits per heavy atom. The second-order valence-electron chi connectivity index (χ2n) is 5.17. The van der Waals surface area contributed by atoms with Crippen molar-refractivity contribution in [3.05, 3.63) is 82.4 Å². The highest BCUT2D eigenvalue weighted by Gasteiger charge is 2.10. The molecule has 0 spiro atoms. The van der Waals surface area contributed by atoms with Crippen LogP contribution in [0.15, 0.2) is 60.8 Å². The third-order valence-electron chi connectivity index (χ3n) is 3.25. The maximum Gasteiger partial charge on any atom is 0.274 e. The second-order valence-corrected chi connectivity index (χ2v) is 6.05. The minimum atomic E-state index is -0.402. The quantitative estimate of drug-likeness (QED) is 0.630. The molecule has 0 aliphatic heterocycles. The average Bonchev–Trinajstić information content (AvgIpc) is 2.56. The van der Waals surface area contributed by atoms with E-state index < -0.39 is 5.91 Å². The Labute approximate surface area is 153 Å². The molecule has 2 aromatic carbocycles. The van der Waals surface area contributed by atoms with Gasteiger partial charge in [0.15, 0.2) is 0 Å². The van der Waals surface area contributed by atoms with Gasteiger partial charge in [-0.2, -0.15) is 0 Å². The minimum absolute atomic E-state index is 0.211. The maximum absolute atomic E-state index is 12.9. The summed E-state index contributed by atoms with van der Waals surface area (Å²) in [5, 5.41) is 6.61. The van der Waals surface area contributed by atoms with E-state index in [2.05, 4.69) is 15.6 Å². The standard InChI is InChI=1S/C18H12Cl2FN3O/c19-11-7-12(20)9-16(8-11)24-18(25)17-10-15(5-6-22-17)23-14-3-1-13(21)2-4-14/h1-10H,(H,22,23)(H,24,25). The van der Waals surface area contributed by atoms with Crippen LogP contribution in [0.4, 0.5) is 21.5 Å². The number of aromatic nitrogens is 1. The van der Waals surface area contributed by atoms with Crippen molar-refractivity contribution in [3.8, 4) is 0 Å². The third-order valence-corrected chi connectivity index (χ3v) is 3.68. The summed E-state index contributed by atoms with van der Waals surface area (Å²) in [6.07, 6.45) is 1.51. The minimum Gasteiger partial charge on any atom is -0.355 e. The van der Waals surface area contributed by atoms with E-state index in [9.17, 15) is 9.18 Å². The summed E-state index contributed by atoms with van der Waals surface area (Å²) < 4.78 is 12.9. The molecule has 2 N–H and O–H groups in total. The SMILES string of the molecule is O=C(Nc1cc(Cl)cc(Cl)c1)c1cc(Nc2ccc(F)cc2)ccn1. The van der Waals surface area contributed by atoms with Gasteiger partial charge in [-0.1, -0.05) is 23.2 Å². The Morgan fingerprint density at radius 2 is 1.56 bits per heavy atom.